The second-order valence-corrected chi connectivity index (χ2v) is 15.8. The van der Waals surface area contributed by atoms with Crippen LogP contribution in [0.2, 0.25) is 0 Å². The number of hydrogen-bond acceptors (Lipinski definition) is 1. The van der Waals surface area contributed by atoms with E-state index in [2.05, 4.69) is 88.3 Å². The molecule has 0 atom stereocenters. The molecule has 0 fully saturated rings. The molecular weight excluding hydrogens is 419 g/mol. The Kier molecular flexibility index (Phi) is 6.14. The first-order valence-corrected chi connectivity index (χ1v) is 13.6. The summed E-state index contributed by atoms with van der Waals surface area (Å²) in [6.45, 7) is 0. The van der Waals surface area contributed by atoms with Crippen molar-refractivity contribution in [3.63, 3.8) is 0 Å². The van der Waals surface area contributed by atoms with Crippen LogP contribution in [0.3, 0.4) is 0 Å². The summed E-state index contributed by atoms with van der Waals surface area (Å²) in [6.07, 6.45) is 2.61. The fourth-order valence-corrected chi connectivity index (χ4v) is 11.5. The van der Waals surface area contributed by atoms with Crippen molar-refractivity contribution in [2.75, 3.05) is 6.16 Å². The van der Waals surface area contributed by atoms with Crippen molar-refractivity contribution in [3.8, 4) is 0 Å². The van der Waals surface area contributed by atoms with Gasteiger partial charge in [-0.1, -0.05) is 0 Å². The van der Waals surface area contributed by atoms with Crippen LogP contribution in [0, 0.1) is 0 Å². The number of halogens is 1. The number of carbonyl (C=O) groups is 1. The van der Waals surface area contributed by atoms with Gasteiger partial charge in [0, 0.05) is 0 Å². The zero-order valence-electron chi connectivity index (χ0n) is 15.2. The first kappa shape index (κ1) is 19.8. The number of carboxylic acid groups (broad SMARTS) is 1. The molecular formula is C23H24BrO2P. The average molecular weight is 443 g/mol. The Balaban J connectivity index is 2.21. The Morgan fingerprint density at radius 3 is 1.41 bits per heavy atom. The summed E-state index contributed by atoms with van der Waals surface area (Å²) < 4.78 is 0. The number of hydrogen-bond donors (Lipinski definition) is 1. The first-order valence-electron chi connectivity index (χ1n) is 9.17. The van der Waals surface area contributed by atoms with E-state index in [4.69, 9.17) is 5.11 Å². The van der Waals surface area contributed by atoms with E-state index in [0.29, 0.717) is 6.42 Å². The Bertz CT molecular complexity index is 783. The Hall–Kier alpha value is -1.96. The van der Waals surface area contributed by atoms with Crippen LogP contribution in [-0.4, -0.2) is 17.2 Å². The molecule has 3 aromatic rings. The fraction of sp³-hybridized carbons (Fsp3) is 0.174. The first-order chi connectivity index (χ1) is 13.1. The van der Waals surface area contributed by atoms with E-state index in [1.54, 1.807) is 0 Å². The maximum atomic E-state index is 11.0. The van der Waals surface area contributed by atoms with E-state index in [0.717, 1.165) is 12.6 Å². The summed E-state index contributed by atoms with van der Waals surface area (Å²) >= 11 is 4.37. The van der Waals surface area contributed by atoms with Gasteiger partial charge in [-0.2, -0.15) is 0 Å². The molecule has 140 valence electrons. The number of aliphatic carboxylic acids is 1. The second-order valence-electron chi connectivity index (χ2n) is 6.76. The number of carboxylic acids is 1. The van der Waals surface area contributed by atoms with E-state index in [-0.39, 0.29) is 6.42 Å². The van der Waals surface area contributed by atoms with E-state index in [1.165, 1.54) is 15.9 Å². The molecule has 27 heavy (non-hydrogen) atoms. The van der Waals surface area contributed by atoms with Crippen LogP contribution >= 0.6 is 20.8 Å². The van der Waals surface area contributed by atoms with Crippen molar-refractivity contribution in [2.45, 2.75) is 19.3 Å². The van der Waals surface area contributed by atoms with Gasteiger partial charge >= 0.3 is 169 Å². The van der Waals surface area contributed by atoms with E-state index in [1.807, 2.05) is 18.2 Å². The van der Waals surface area contributed by atoms with Crippen LogP contribution in [0.4, 0.5) is 0 Å². The fourth-order valence-electron chi connectivity index (χ4n) is 3.74. The summed E-state index contributed by atoms with van der Waals surface area (Å²) in [5.41, 5.74) is 0. The zero-order valence-corrected chi connectivity index (χ0v) is 17.6. The molecule has 0 amide bonds. The minimum atomic E-state index is -2.89. The summed E-state index contributed by atoms with van der Waals surface area (Å²) in [5, 5.41) is 9.99. The summed E-state index contributed by atoms with van der Waals surface area (Å²) in [5.74, 6) is -0.732. The summed E-state index contributed by atoms with van der Waals surface area (Å²) in [6, 6.07) is 31.8. The predicted molar refractivity (Wildman–Crippen MR) is 120 cm³/mol. The van der Waals surface area contributed by atoms with Crippen molar-refractivity contribution in [1.29, 1.82) is 0 Å². The van der Waals surface area contributed by atoms with Crippen molar-refractivity contribution in [3.05, 3.63) is 91.0 Å². The molecule has 4 heteroatoms. The van der Waals surface area contributed by atoms with Gasteiger partial charge in [0.2, 0.25) is 0 Å². The monoisotopic (exact) mass is 442 g/mol. The van der Waals surface area contributed by atoms with Crippen molar-refractivity contribution >= 4 is 42.7 Å². The van der Waals surface area contributed by atoms with E-state index >= 15 is 0 Å². The van der Waals surface area contributed by atoms with Gasteiger partial charge in [-0.3, -0.25) is 0 Å². The molecule has 1 N–H and O–H groups in total. The zero-order chi connectivity index (χ0) is 19.2. The van der Waals surface area contributed by atoms with Gasteiger partial charge < -0.3 is 0 Å². The molecule has 3 aromatic carbocycles. The molecule has 0 radical (unpaired) electrons. The normalized spacial score (nSPS) is 12.9. The van der Waals surface area contributed by atoms with Crippen LogP contribution in [0.5, 0.6) is 0 Å². The average Bonchev–Trinajstić information content (AvgIpc) is 2.73. The van der Waals surface area contributed by atoms with Crippen LogP contribution in [0.25, 0.3) is 0 Å². The third-order valence-corrected chi connectivity index (χ3v) is 15.1. The van der Waals surface area contributed by atoms with Gasteiger partial charge in [0.1, 0.15) is 0 Å². The van der Waals surface area contributed by atoms with Crippen LogP contribution < -0.4 is 15.9 Å². The van der Waals surface area contributed by atoms with Crippen LogP contribution in [0.15, 0.2) is 91.0 Å². The van der Waals surface area contributed by atoms with Gasteiger partial charge in [0.15, 0.2) is 0 Å². The molecule has 0 aliphatic carbocycles. The molecule has 0 unspecified atom stereocenters. The molecule has 0 aromatic heterocycles. The Morgan fingerprint density at radius 2 is 1.07 bits per heavy atom. The third kappa shape index (κ3) is 3.85. The van der Waals surface area contributed by atoms with Gasteiger partial charge in [-0.15, -0.1) is 0 Å². The number of benzene rings is 3. The van der Waals surface area contributed by atoms with Crippen LogP contribution in [0.1, 0.15) is 19.3 Å². The van der Waals surface area contributed by atoms with Crippen molar-refractivity contribution < 1.29 is 9.90 Å². The molecule has 2 nitrogen and oxygen atoms in total. The minimum absolute atomic E-state index is 0.206. The molecule has 0 aliphatic rings. The number of rotatable bonds is 8. The number of unbranched alkanes of at least 4 members (excludes halogenated alkanes) is 1. The molecule has 0 spiro atoms. The third-order valence-electron chi connectivity index (χ3n) is 5.10. The van der Waals surface area contributed by atoms with Crippen molar-refractivity contribution in [2.24, 2.45) is 0 Å². The van der Waals surface area contributed by atoms with Crippen molar-refractivity contribution in [1.82, 2.24) is 0 Å². The topological polar surface area (TPSA) is 37.3 Å². The molecule has 0 saturated heterocycles. The quantitative estimate of drug-likeness (QED) is 0.390. The molecule has 0 heterocycles. The molecule has 0 saturated carbocycles. The Morgan fingerprint density at radius 1 is 0.704 bits per heavy atom. The maximum absolute atomic E-state index is 11.0. The summed E-state index contributed by atoms with van der Waals surface area (Å²) in [4.78, 5) is 11.0. The van der Waals surface area contributed by atoms with Crippen LogP contribution in [-0.2, 0) is 4.79 Å². The van der Waals surface area contributed by atoms with Gasteiger partial charge in [-0.25, -0.2) is 0 Å². The predicted octanol–water partition coefficient (Wildman–Crippen LogP) is 5.08. The van der Waals surface area contributed by atoms with Gasteiger partial charge in [0.05, 0.1) is 0 Å². The van der Waals surface area contributed by atoms with Gasteiger partial charge in [0.25, 0.3) is 0 Å². The van der Waals surface area contributed by atoms with Gasteiger partial charge in [-0.05, 0) is 0 Å². The van der Waals surface area contributed by atoms with E-state index in [9.17, 15) is 4.79 Å². The second kappa shape index (κ2) is 8.37. The SMILES string of the molecule is O=C(O)CCCCP(Br)(c1ccccc1)(c1ccccc1)c1ccccc1. The Labute approximate surface area is 168 Å². The summed E-state index contributed by atoms with van der Waals surface area (Å²) in [7, 11) is 0. The molecule has 0 bridgehead atoms. The molecule has 3 rings (SSSR count). The van der Waals surface area contributed by atoms with E-state index < -0.39 is 11.3 Å². The molecule has 0 aliphatic heterocycles. The standard InChI is InChI=1S/C23H24BrO2P/c24-27(19-11-10-18-23(25)26,20-12-4-1-5-13-20,21-14-6-2-7-15-21)22-16-8-3-9-17-22/h1-9,12-17H,10-11,18-19H2,(H,25,26).